The van der Waals surface area contributed by atoms with Crippen LogP contribution < -0.4 is 4.90 Å². The molecule has 2 aliphatic rings. The summed E-state index contributed by atoms with van der Waals surface area (Å²) in [6.07, 6.45) is 1.18. The molecule has 0 unspecified atom stereocenters. The van der Waals surface area contributed by atoms with Crippen LogP contribution in [-0.4, -0.2) is 37.1 Å². The zero-order valence-electron chi connectivity index (χ0n) is 12.3. The number of rotatable bonds is 1. The van der Waals surface area contributed by atoms with Gasteiger partial charge in [-0.3, -0.25) is 4.90 Å². The van der Waals surface area contributed by atoms with E-state index in [0.29, 0.717) is 12.1 Å². The molecule has 2 saturated heterocycles. The largest absolute Gasteiger partial charge is 0.363 e. The molecule has 0 saturated carbocycles. The van der Waals surface area contributed by atoms with E-state index in [4.69, 9.17) is 0 Å². The molecule has 2 nitrogen and oxygen atoms in total. The molecule has 2 atom stereocenters. The first-order valence-electron chi connectivity index (χ1n) is 7.13. The summed E-state index contributed by atoms with van der Waals surface area (Å²) in [6.45, 7) is 8.38. The minimum Gasteiger partial charge on any atom is -0.363 e. The van der Waals surface area contributed by atoms with Gasteiger partial charge < -0.3 is 4.90 Å². The van der Waals surface area contributed by atoms with Crippen LogP contribution in [0.15, 0.2) is 18.2 Å². The van der Waals surface area contributed by atoms with Crippen LogP contribution in [0.5, 0.6) is 0 Å². The Bertz CT molecular complexity index is 490. The molecule has 0 aromatic heterocycles. The van der Waals surface area contributed by atoms with E-state index < -0.39 is 0 Å². The summed E-state index contributed by atoms with van der Waals surface area (Å²) in [5.41, 5.74) is 1.85. The molecule has 2 bridgehead atoms. The number of fused-ring (bicyclic) bond motifs is 2. The van der Waals surface area contributed by atoms with Crippen LogP contribution in [-0.2, 0) is 5.41 Å². The molecule has 2 aliphatic heterocycles. The van der Waals surface area contributed by atoms with Crippen LogP contribution >= 0.6 is 0 Å². The van der Waals surface area contributed by atoms with E-state index in [1.807, 2.05) is 6.07 Å². The quantitative estimate of drug-likeness (QED) is 0.767. The van der Waals surface area contributed by atoms with Gasteiger partial charge in [0.25, 0.3) is 0 Å². The van der Waals surface area contributed by atoms with Gasteiger partial charge in [0.15, 0.2) is 0 Å². The Morgan fingerprint density at radius 3 is 2.37 bits per heavy atom. The monoisotopic (exact) mass is 262 g/mol. The maximum atomic E-state index is 14.4. The summed E-state index contributed by atoms with van der Waals surface area (Å²) in [7, 11) is 2.17. The lowest BCUT2D eigenvalue weighted by Crippen LogP contribution is -2.44. The first kappa shape index (κ1) is 12.9. The van der Waals surface area contributed by atoms with Gasteiger partial charge in [-0.1, -0.05) is 26.8 Å². The number of benzene rings is 1. The van der Waals surface area contributed by atoms with Crippen molar-refractivity contribution < 1.29 is 4.39 Å². The Morgan fingerprint density at radius 1 is 1.16 bits per heavy atom. The molecular formula is C16H23FN2. The maximum absolute atomic E-state index is 14.4. The Kier molecular flexibility index (Phi) is 2.86. The summed E-state index contributed by atoms with van der Waals surface area (Å²) < 4.78 is 14.4. The van der Waals surface area contributed by atoms with Crippen molar-refractivity contribution in [3.8, 4) is 0 Å². The third-order valence-electron chi connectivity index (χ3n) is 4.64. The van der Waals surface area contributed by atoms with Crippen LogP contribution in [0.2, 0.25) is 0 Å². The Hall–Kier alpha value is -1.09. The summed E-state index contributed by atoms with van der Waals surface area (Å²) in [4.78, 5) is 4.65. The fraction of sp³-hybridized carbons (Fsp3) is 0.625. The highest BCUT2D eigenvalue weighted by molar-refractivity contribution is 5.53. The SMILES string of the molecule is CN1C[C@@H]2C[C@H]1CN2c1ccc(C(C)(C)C)cc1F. The molecule has 0 aliphatic carbocycles. The normalized spacial score (nSPS) is 27.3. The molecular weight excluding hydrogens is 239 g/mol. The fourth-order valence-electron chi connectivity index (χ4n) is 3.37. The molecule has 104 valence electrons. The van der Waals surface area contributed by atoms with E-state index in [9.17, 15) is 4.39 Å². The number of hydrogen-bond acceptors (Lipinski definition) is 2. The van der Waals surface area contributed by atoms with Crippen LogP contribution in [0.4, 0.5) is 10.1 Å². The number of likely N-dealkylation sites (tertiary alicyclic amines) is 1. The molecule has 0 spiro atoms. The predicted octanol–water partition coefficient (Wildman–Crippen LogP) is 3.02. The van der Waals surface area contributed by atoms with Crippen molar-refractivity contribution in [2.24, 2.45) is 0 Å². The molecule has 0 N–H and O–H groups in total. The Balaban J connectivity index is 1.87. The van der Waals surface area contributed by atoms with Crippen LogP contribution in [0.1, 0.15) is 32.8 Å². The molecule has 1 aromatic carbocycles. The van der Waals surface area contributed by atoms with E-state index in [1.165, 1.54) is 6.42 Å². The molecule has 0 amide bonds. The van der Waals surface area contributed by atoms with E-state index in [2.05, 4.69) is 43.7 Å². The van der Waals surface area contributed by atoms with Crippen molar-refractivity contribution in [1.29, 1.82) is 0 Å². The number of halogens is 1. The molecule has 2 heterocycles. The van der Waals surface area contributed by atoms with Gasteiger partial charge in [0.2, 0.25) is 0 Å². The first-order chi connectivity index (χ1) is 8.86. The average molecular weight is 262 g/mol. The standard InChI is InChI=1S/C16H23FN2/c1-16(2,3)11-5-6-15(14(17)7-11)19-10-12-8-13(19)9-18(12)4/h5-7,12-13H,8-10H2,1-4H3/t12-,13-/m0/s1. The van der Waals surface area contributed by atoms with Gasteiger partial charge in [0, 0.05) is 25.2 Å². The predicted molar refractivity (Wildman–Crippen MR) is 77.3 cm³/mol. The smallest absolute Gasteiger partial charge is 0.146 e. The first-order valence-corrected chi connectivity index (χ1v) is 7.13. The van der Waals surface area contributed by atoms with Gasteiger partial charge in [-0.25, -0.2) is 4.39 Å². The topological polar surface area (TPSA) is 6.48 Å². The highest BCUT2D eigenvalue weighted by Gasteiger charge is 2.42. The molecule has 19 heavy (non-hydrogen) atoms. The number of hydrogen-bond donors (Lipinski definition) is 0. The van der Waals surface area contributed by atoms with Gasteiger partial charge in [0.1, 0.15) is 5.82 Å². The lowest BCUT2D eigenvalue weighted by atomic mass is 9.87. The summed E-state index contributed by atoms with van der Waals surface area (Å²) in [6, 6.07) is 6.85. The number of piperazine rings is 1. The van der Waals surface area contributed by atoms with E-state index in [1.54, 1.807) is 6.07 Å². The minimum atomic E-state index is -0.0670. The van der Waals surface area contributed by atoms with Crippen molar-refractivity contribution in [3.05, 3.63) is 29.6 Å². The molecule has 0 radical (unpaired) electrons. The second-order valence-electron chi connectivity index (χ2n) is 7.05. The third kappa shape index (κ3) is 2.14. The van der Waals surface area contributed by atoms with Crippen molar-refractivity contribution in [3.63, 3.8) is 0 Å². The fourth-order valence-corrected chi connectivity index (χ4v) is 3.37. The van der Waals surface area contributed by atoms with Crippen molar-refractivity contribution >= 4 is 5.69 Å². The minimum absolute atomic E-state index is 0.00357. The van der Waals surface area contributed by atoms with Crippen LogP contribution in [0.25, 0.3) is 0 Å². The van der Waals surface area contributed by atoms with Gasteiger partial charge >= 0.3 is 0 Å². The van der Waals surface area contributed by atoms with Crippen LogP contribution in [0, 0.1) is 5.82 Å². The number of anilines is 1. The average Bonchev–Trinajstić information content (AvgIpc) is 2.86. The van der Waals surface area contributed by atoms with Crippen molar-refractivity contribution in [2.45, 2.75) is 44.7 Å². The summed E-state index contributed by atoms with van der Waals surface area (Å²) in [5, 5.41) is 0. The lowest BCUT2D eigenvalue weighted by Gasteiger charge is -2.34. The van der Waals surface area contributed by atoms with E-state index in [0.717, 1.165) is 24.3 Å². The van der Waals surface area contributed by atoms with Gasteiger partial charge in [-0.05, 0) is 36.6 Å². The second-order valence-corrected chi connectivity index (χ2v) is 7.05. The van der Waals surface area contributed by atoms with Gasteiger partial charge in [-0.15, -0.1) is 0 Å². The lowest BCUT2D eigenvalue weighted by molar-refractivity contribution is 0.292. The zero-order valence-corrected chi connectivity index (χ0v) is 12.3. The highest BCUT2D eigenvalue weighted by atomic mass is 19.1. The number of nitrogens with zero attached hydrogens (tertiary/aromatic N) is 2. The van der Waals surface area contributed by atoms with Gasteiger partial charge in [-0.2, -0.15) is 0 Å². The molecule has 3 heteroatoms. The zero-order chi connectivity index (χ0) is 13.8. The highest BCUT2D eigenvalue weighted by Crippen LogP contribution is 2.36. The third-order valence-corrected chi connectivity index (χ3v) is 4.64. The molecule has 2 fully saturated rings. The van der Waals surface area contributed by atoms with E-state index >= 15 is 0 Å². The van der Waals surface area contributed by atoms with Crippen molar-refractivity contribution in [2.75, 3.05) is 25.0 Å². The number of likely N-dealkylation sites (N-methyl/N-ethyl adjacent to an activating group) is 1. The Morgan fingerprint density at radius 2 is 1.89 bits per heavy atom. The molecule has 1 aromatic rings. The Labute approximate surface area is 115 Å². The van der Waals surface area contributed by atoms with E-state index in [-0.39, 0.29) is 11.2 Å². The van der Waals surface area contributed by atoms with Gasteiger partial charge in [0.05, 0.1) is 5.69 Å². The van der Waals surface area contributed by atoms with Crippen LogP contribution in [0.3, 0.4) is 0 Å². The maximum Gasteiger partial charge on any atom is 0.146 e. The molecule has 3 rings (SSSR count). The second kappa shape index (κ2) is 4.20. The van der Waals surface area contributed by atoms with Crippen molar-refractivity contribution in [1.82, 2.24) is 4.90 Å². The summed E-state index contributed by atoms with van der Waals surface area (Å²) in [5.74, 6) is -0.0670. The summed E-state index contributed by atoms with van der Waals surface area (Å²) >= 11 is 0.